The van der Waals surface area contributed by atoms with Gasteiger partial charge in [-0.3, -0.25) is 0 Å². The van der Waals surface area contributed by atoms with Crippen LogP contribution >= 0.6 is 0 Å². The van der Waals surface area contributed by atoms with Crippen molar-refractivity contribution in [1.29, 1.82) is 0 Å². The van der Waals surface area contributed by atoms with Gasteiger partial charge in [0.1, 0.15) is 0 Å². The lowest BCUT2D eigenvalue weighted by Crippen LogP contribution is -2.22. The van der Waals surface area contributed by atoms with Crippen LogP contribution in [0.25, 0.3) is 0 Å². The highest BCUT2D eigenvalue weighted by atomic mass is 16.5. The first-order chi connectivity index (χ1) is 11.6. The Morgan fingerprint density at radius 1 is 0.750 bits per heavy atom. The minimum absolute atomic E-state index is 0.285. The van der Waals surface area contributed by atoms with E-state index in [1.165, 1.54) is 4.90 Å². The van der Waals surface area contributed by atoms with Crippen LogP contribution in [0, 0.1) is 0 Å². The second-order valence-electron chi connectivity index (χ2n) is 3.33. The van der Waals surface area contributed by atoms with E-state index < -0.39 is 0 Å². The van der Waals surface area contributed by atoms with E-state index in [0.29, 0.717) is 6.61 Å². The SMILES string of the molecule is CC.CC.CC.CCOC.CCOC(=O)N(C)C.c1ccccc1. The third-order valence-electron chi connectivity index (χ3n) is 1.59. The topological polar surface area (TPSA) is 38.8 Å². The standard InChI is InChI=1S/C6H6.C5H11NO2.C3H8O.3C2H6/c1-2-4-6-5-3-1;1-4-8-5(7)6(2)3;1-3-4-2;3*1-2/h1-6H;4H2,1-3H3;3H2,1-2H3;3*1-2H3. The van der Waals surface area contributed by atoms with Crippen molar-refractivity contribution < 1.29 is 14.3 Å². The van der Waals surface area contributed by atoms with Crippen LogP contribution in [0.3, 0.4) is 0 Å². The third kappa shape index (κ3) is 49.9. The summed E-state index contributed by atoms with van der Waals surface area (Å²) in [6.07, 6.45) is -0.285. The van der Waals surface area contributed by atoms with Crippen molar-refractivity contribution in [2.75, 3.05) is 34.4 Å². The number of carbonyl (C=O) groups excluding carboxylic acids is 1. The minimum Gasteiger partial charge on any atom is -0.450 e. The largest absolute Gasteiger partial charge is 0.450 e. The van der Waals surface area contributed by atoms with Gasteiger partial charge in [-0.2, -0.15) is 0 Å². The average Bonchev–Trinajstić information content (AvgIpc) is 2.69. The van der Waals surface area contributed by atoms with Crippen molar-refractivity contribution in [2.24, 2.45) is 0 Å². The van der Waals surface area contributed by atoms with Crippen LogP contribution in [0.4, 0.5) is 4.79 Å². The smallest absolute Gasteiger partial charge is 0.409 e. The summed E-state index contributed by atoms with van der Waals surface area (Å²) in [6.45, 7) is 17.0. The molecule has 1 amide bonds. The van der Waals surface area contributed by atoms with Gasteiger partial charge in [-0.25, -0.2) is 4.79 Å². The number of ether oxygens (including phenoxy) is 2. The molecule has 0 saturated carbocycles. The molecule has 0 unspecified atom stereocenters. The van der Waals surface area contributed by atoms with E-state index >= 15 is 0 Å². The molecule has 0 fully saturated rings. The molecule has 4 nitrogen and oxygen atoms in total. The number of nitrogens with zero attached hydrogens (tertiary/aromatic N) is 1. The van der Waals surface area contributed by atoms with Gasteiger partial charge in [0.15, 0.2) is 0 Å². The molecule has 24 heavy (non-hydrogen) atoms. The molecular formula is C20H43NO3. The number of methoxy groups -OCH3 is 1. The van der Waals surface area contributed by atoms with Gasteiger partial charge in [-0.1, -0.05) is 77.9 Å². The molecule has 0 heterocycles. The summed E-state index contributed by atoms with van der Waals surface area (Å²) in [5.41, 5.74) is 0. The quantitative estimate of drug-likeness (QED) is 0.648. The molecule has 0 aliphatic rings. The predicted molar refractivity (Wildman–Crippen MR) is 109 cm³/mol. The van der Waals surface area contributed by atoms with Gasteiger partial charge >= 0.3 is 6.09 Å². The summed E-state index contributed by atoms with van der Waals surface area (Å²) in [6, 6.07) is 12.0. The highest BCUT2D eigenvalue weighted by Gasteiger charge is 1.99. The Kier molecular flexibility index (Phi) is 60.7. The van der Waals surface area contributed by atoms with Crippen molar-refractivity contribution in [3.8, 4) is 0 Å². The zero-order valence-electron chi connectivity index (χ0n) is 18.1. The second-order valence-corrected chi connectivity index (χ2v) is 3.33. The molecule has 4 heteroatoms. The molecule has 0 saturated heterocycles. The van der Waals surface area contributed by atoms with E-state index in [1.807, 2.05) is 84.9 Å². The van der Waals surface area contributed by atoms with E-state index in [1.54, 1.807) is 28.1 Å². The van der Waals surface area contributed by atoms with Crippen LogP contribution < -0.4 is 0 Å². The molecule has 146 valence electrons. The lowest BCUT2D eigenvalue weighted by molar-refractivity contribution is 0.124. The highest BCUT2D eigenvalue weighted by molar-refractivity contribution is 5.66. The van der Waals surface area contributed by atoms with Gasteiger partial charge in [0.25, 0.3) is 0 Å². The maximum Gasteiger partial charge on any atom is 0.409 e. The van der Waals surface area contributed by atoms with Crippen LogP contribution in [0.2, 0.25) is 0 Å². The van der Waals surface area contributed by atoms with Crippen molar-refractivity contribution in [3.63, 3.8) is 0 Å². The summed E-state index contributed by atoms with van der Waals surface area (Å²) < 4.78 is 9.13. The van der Waals surface area contributed by atoms with Crippen LogP contribution in [-0.4, -0.2) is 45.4 Å². The molecule has 0 aromatic heterocycles. The van der Waals surface area contributed by atoms with Crippen LogP contribution in [-0.2, 0) is 9.47 Å². The van der Waals surface area contributed by atoms with E-state index in [0.717, 1.165) is 6.61 Å². The zero-order valence-corrected chi connectivity index (χ0v) is 18.1. The maximum absolute atomic E-state index is 10.4. The molecule has 1 aromatic carbocycles. The van der Waals surface area contributed by atoms with Gasteiger partial charge in [0.05, 0.1) is 6.61 Å². The number of rotatable bonds is 2. The molecular weight excluding hydrogens is 302 g/mol. The Morgan fingerprint density at radius 3 is 1.08 bits per heavy atom. The van der Waals surface area contributed by atoms with Gasteiger partial charge in [0, 0.05) is 27.8 Å². The van der Waals surface area contributed by atoms with Gasteiger partial charge in [-0.05, 0) is 13.8 Å². The fourth-order valence-corrected chi connectivity index (χ4v) is 0.637. The van der Waals surface area contributed by atoms with E-state index in [-0.39, 0.29) is 6.09 Å². The highest BCUT2D eigenvalue weighted by Crippen LogP contribution is 1.82. The molecule has 0 aliphatic heterocycles. The summed E-state index contributed by atoms with van der Waals surface area (Å²) >= 11 is 0. The van der Waals surface area contributed by atoms with Crippen LogP contribution in [0.1, 0.15) is 55.4 Å². The molecule has 0 N–H and O–H groups in total. The lowest BCUT2D eigenvalue weighted by atomic mass is 10.4. The van der Waals surface area contributed by atoms with E-state index in [2.05, 4.69) is 9.47 Å². The molecule has 1 rings (SSSR count). The fourth-order valence-electron chi connectivity index (χ4n) is 0.637. The number of amides is 1. The third-order valence-corrected chi connectivity index (χ3v) is 1.59. The first-order valence-electron chi connectivity index (χ1n) is 8.93. The number of carbonyl (C=O) groups is 1. The zero-order chi connectivity index (χ0) is 20.2. The van der Waals surface area contributed by atoms with Crippen LogP contribution in [0.15, 0.2) is 36.4 Å². The number of hydrogen-bond donors (Lipinski definition) is 0. The molecule has 0 aliphatic carbocycles. The van der Waals surface area contributed by atoms with Crippen molar-refractivity contribution in [3.05, 3.63) is 36.4 Å². The Labute approximate surface area is 152 Å². The van der Waals surface area contributed by atoms with Gasteiger partial charge in [-0.15, -0.1) is 0 Å². The molecule has 0 radical (unpaired) electrons. The monoisotopic (exact) mass is 345 g/mol. The first-order valence-corrected chi connectivity index (χ1v) is 8.93. The van der Waals surface area contributed by atoms with Gasteiger partial charge < -0.3 is 14.4 Å². The van der Waals surface area contributed by atoms with Gasteiger partial charge in [0.2, 0.25) is 0 Å². The van der Waals surface area contributed by atoms with Crippen molar-refractivity contribution in [1.82, 2.24) is 4.90 Å². The number of benzene rings is 1. The predicted octanol–water partition coefficient (Wildman–Crippen LogP) is 6.12. The summed E-state index contributed by atoms with van der Waals surface area (Å²) in [7, 11) is 4.98. The Bertz CT molecular complexity index is 236. The summed E-state index contributed by atoms with van der Waals surface area (Å²) in [4.78, 5) is 11.8. The average molecular weight is 346 g/mol. The Hall–Kier alpha value is -1.55. The molecule has 0 atom stereocenters. The second kappa shape index (κ2) is 43.0. The van der Waals surface area contributed by atoms with E-state index in [4.69, 9.17) is 0 Å². The Balaban J connectivity index is -0.0000000670. The normalized spacial score (nSPS) is 6.79. The number of hydrogen-bond acceptors (Lipinski definition) is 3. The molecule has 0 bridgehead atoms. The molecule has 1 aromatic rings. The fraction of sp³-hybridized carbons (Fsp3) is 0.650. The Morgan fingerprint density at radius 2 is 1.00 bits per heavy atom. The first kappa shape index (κ1) is 33.9. The van der Waals surface area contributed by atoms with Crippen LogP contribution in [0.5, 0.6) is 0 Å². The summed E-state index contributed by atoms with van der Waals surface area (Å²) in [5.74, 6) is 0. The summed E-state index contributed by atoms with van der Waals surface area (Å²) in [5, 5.41) is 0. The lowest BCUT2D eigenvalue weighted by Gasteiger charge is -2.07. The molecule has 0 spiro atoms. The maximum atomic E-state index is 10.4. The van der Waals surface area contributed by atoms with Crippen molar-refractivity contribution >= 4 is 6.09 Å². The minimum atomic E-state index is -0.285. The van der Waals surface area contributed by atoms with E-state index in [9.17, 15) is 4.79 Å². The van der Waals surface area contributed by atoms with Crippen molar-refractivity contribution in [2.45, 2.75) is 55.4 Å².